The van der Waals surface area contributed by atoms with Crippen LogP contribution in [0.15, 0.2) is 71.6 Å². The van der Waals surface area contributed by atoms with E-state index in [1.165, 1.54) is 0 Å². The molecule has 23 heavy (non-hydrogen) atoms. The highest BCUT2D eigenvalue weighted by atomic mass is 32.2. The van der Waals surface area contributed by atoms with E-state index in [1.807, 2.05) is 54.6 Å². The van der Waals surface area contributed by atoms with E-state index in [1.54, 1.807) is 12.1 Å². The van der Waals surface area contributed by atoms with Crippen LogP contribution in [0.1, 0.15) is 0 Å². The Kier molecular flexibility index (Phi) is 3.28. The lowest BCUT2D eigenvalue weighted by Crippen LogP contribution is -2.12. The van der Waals surface area contributed by atoms with Gasteiger partial charge in [0.15, 0.2) is 0 Å². The third-order valence-electron chi connectivity index (χ3n) is 3.64. The minimum Gasteiger partial charge on any atom is -0.269 e. The van der Waals surface area contributed by atoms with E-state index in [2.05, 4.69) is 9.10 Å². The topological polar surface area (TPSA) is 59.1 Å². The summed E-state index contributed by atoms with van der Waals surface area (Å²) in [7, 11) is -3.65. The first-order chi connectivity index (χ1) is 11.1. The van der Waals surface area contributed by atoms with Crippen LogP contribution in [-0.2, 0) is 10.0 Å². The summed E-state index contributed by atoms with van der Waals surface area (Å²) in [6.45, 7) is 0. The Labute approximate surface area is 137 Å². The SMILES string of the molecule is O=S(=O)(Nc1snc2ccccc12)c1ccc2ccccc2c1. The van der Waals surface area contributed by atoms with Gasteiger partial charge in [0, 0.05) is 5.39 Å². The average Bonchev–Trinajstić information content (AvgIpc) is 2.97. The molecule has 0 atom stereocenters. The first-order valence-electron chi connectivity index (χ1n) is 6.99. The second kappa shape index (κ2) is 5.33. The van der Waals surface area contributed by atoms with Gasteiger partial charge in [0.1, 0.15) is 5.00 Å². The largest absolute Gasteiger partial charge is 0.269 e. The number of benzene rings is 3. The summed E-state index contributed by atoms with van der Waals surface area (Å²) in [6, 6.07) is 20.3. The Hall–Kier alpha value is -2.44. The van der Waals surface area contributed by atoms with E-state index in [4.69, 9.17) is 0 Å². The predicted molar refractivity (Wildman–Crippen MR) is 94.4 cm³/mol. The van der Waals surface area contributed by atoms with Crippen molar-refractivity contribution < 1.29 is 8.42 Å². The third-order valence-corrected chi connectivity index (χ3v) is 5.91. The molecule has 1 N–H and O–H groups in total. The van der Waals surface area contributed by atoms with E-state index in [0.717, 1.165) is 33.2 Å². The summed E-state index contributed by atoms with van der Waals surface area (Å²) >= 11 is 1.15. The number of sulfonamides is 1. The molecule has 0 amide bonds. The van der Waals surface area contributed by atoms with Crippen molar-refractivity contribution in [1.29, 1.82) is 0 Å². The quantitative estimate of drug-likeness (QED) is 0.606. The Morgan fingerprint density at radius 1 is 0.870 bits per heavy atom. The Bertz CT molecular complexity index is 1120. The van der Waals surface area contributed by atoms with Gasteiger partial charge >= 0.3 is 0 Å². The third kappa shape index (κ3) is 2.56. The van der Waals surface area contributed by atoms with Crippen molar-refractivity contribution in [2.24, 2.45) is 0 Å². The highest BCUT2D eigenvalue weighted by molar-refractivity contribution is 7.93. The number of hydrogen-bond acceptors (Lipinski definition) is 4. The van der Waals surface area contributed by atoms with Crippen LogP contribution < -0.4 is 4.72 Å². The molecule has 0 bridgehead atoms. The van der Waals surface area contributed by atoms with Crippen LogP contribution in [-0.4, -0.2) is 12.8 Å². The van der Waals surface area contributed by atoms with Crippen molar-refractivity contribution in [1.82, 2.24) is 4.37 Å². The van der Waals surface area contributed by atoms with E-state index >= 15 is 0 Å². The van der Waals surface area contributed by atoms with Crippen LogP contribution in [0.3, 0.4) is 0 Å². The highest BCUT2D eigenvalue weighted by Crippen LogP contribution is 2.30. The van der Waals surface area contributed by atoms with Gasteiger partial charge in [0.05, 0.1) is 10.4 Å². The highest BCUT2D eigenvalue weighted by Gasteiger charge is 2.17. The van der Waals surface area contributed by atoms with Gasteiger partial charge in [-0.15, -0.1) is 0 Å². The zero-order valence-electron chi connectivity index (χ0n) is 11.9. The van der Waals surface area contributed by atoms with Crippen molar-refractivity contribution in [2.45, 2.75) is 4.90 Å². The molecule has 0 unspecified atom stereocenters. The fraction of sp³-hybridized carbons (Fsp3) is 0. The molecular weight excluding hydrogens is 328 g/mol. The Morgan fingerprint density at radius 2 is 1.61 bits per heavy atom. The van der Waals surface area contributed by atoms with E-state index in [-0.39, 0.29) is 4.90 Å². The molecule has 1 aromatic heterocycles. The molecule has 1 heterocycles. The van der Waals surface area contributed by atoms with Gasteiger partial charge in [-0.2, -0.15) is 4.37 Å². The van der Waals surface area contributed by atoms with Crippen LogP contribution in [0.5, 0.6) is 0 Å². The van der Waals surface area contributed by atoms with Crippen LogP contribution in [0, 0.1) is 0 Å². The lowest BCUT2D eigenvalue weighted by atomic mass is 10.1. The number of fused-ring (bicyclic) bond motifs is 2. The summed E-state index contributed by atoms with van der Waals surface area (Å²) in [5.74, 6) is 0. The zero-order valence-corrected chi connectivity index (χ0v) is 13.6. The van der Waals surface area contributed by atoms with Crippen molar-refractivity contribution in [2.75, 3.05) is 4.72 Å². The molecule has 0 saturated carbocycles. The molecule has 4 rings (SSSR count). The first-order valence-corrected chi connectivity index (χ1v) is 9.25. The molecule has 114 valence electrons. The summed E-state index contributed by atoms with van der Waals surface area (Å²) in [5.41, 5.74) is 0.786. The normalized spacial score (nSPS) is 11.8. The molecule has 0 aliphatic rings. The maximum atomic E-state index is 12.7. The standard InChI is InChI=1S/C17H12N2O2S2/c20-23(21,14-10-9-12-5-1-2-6-13(12)11-14)19-17-15-7-3-4-8-16(15)18-22-17/h1-11,19H. The minimum atomic E-state index is -3.65. The van der Waals surface area contributed by atoms with E-state index in [0.29, 0.717) is 5.00 Å². The van der Waals surface area contributed by atoms with Gasteiger partial charge in [0.2, 0.25) is 0 Å². The van der Waals surface area contributed by atoms with Crippen LogP contribution >= 0.6 is 11.5 Å². The number of hydrogen-bond donors (Lipinski definition) is 1. The fourth-order valence-electron chi connectivity index (χ4n) is 2.48. The number of anilines is 1. The number of nitrogens with one attached hydrogen (secondary N) is 1. The zero-order chi connectivity index (χ0) is 15.9. The fourth-order valence-corrected chi connectivity index (χ4v) is 4.58. The first kappa shape index (κ1) is 14.2. The van der Waals surface area contributed by atoms with Crippen molar-refractivity contribution >= 4 is 48.2 Å². The van der Waals surface area contributed by atoms with E-state index < -0.39 is 10.0 Å². The smallest absolute Gasteiger partial charge is 0.262 e. The molecule has 0 radical (unpaired) electrons. The molecule has 0 aliphatic carbocycles. The summed E-state index contributed by atoms with van der Waals surface area (Å²) in [6.07, 6.45) is 0. The van der Waals surface area contributed by atoms with Crippen LogP contribution in [0.25, 0.3) is 21.7 Å². The van der Waals surface area contributed by atoms with E-state index in [9.17, 15) is 8.42 Å². The molecule has 4 aromatic rings. The summed E-state index contributed by atoms with van der Waals surface area (Å²) in [4.78, 5) is 0.244. The van der Waals surface area contributed by atoms with Gasteiger partial charge in [-0.25, -0.2) is 8.42 Å². The number of aromatic nitrogens is 1. The van der Waals surface area contributed by atoms with Crippen molar-refractivity contribution in [3.63, 3.8) is 0 Å². The lowest BCUT2D eigenvalue weighted by molar-refractivity contribution is 0.601. The molecule has 0 saturated heterocycles. The monoisotopic (exact) mass is 340 g/mol. The van der Waals surface area contributed by atoms with Gasteiger partial charge in [-0.05, 0) is 46.6 Å². The lowest BCUT2D eigenvalue weighted by Gasteiger charge is -2.07. The maximum Gasteiger partial charge on any atom is 0.262 e. The van der Waals surface area contributed by atoms with Gasteiger partial charge in [-0.1, -0.05) is 42.5 Å². The maximum absolute atomic E-state index is 12.7. The molecule has 0 fully saturated rings. The van der Waals surface area contributed by atoms with Crippen molar-refractivity contribution in [3.8, 4) is 0 Å². The summed E-state index contributed by atoms with van der Waals surface area (Å²) in [5, 5.41) is 3.25. The number of rotatable bonds is 3. The number of nitrogens with zero attached hydrogens (tertiary/aromatic N) is 1. The molecular formula is C17H12N2O2S2. The minimum absolute atomic E-state index is 0.244. The molecule has 0 spiro atoms. The Balaban J connectivity index is 1.77. The molecule has 6 heteroatoms. The van der Waals surface area contributed by atoms with Gasteiger partial charge in [-0.3, -0.25) is 4.72 Å². The van der Waals surface area contributed by atoms with Crippen LogP contribution in [0.4, 0.5) is 5.00 Å². The molecule has 3 aromatic carbocycles. The predicted octanol–water partition coefficient (Wildman–Crippen LogP) is 4.25. The second-order valence-electron chi connectivity index (χ2n) is 5.14. The van der Waals surface area contributed by atoms with Crippen LogP contribution in [0.2, 0.25) is 0 Å². The Morgan fingerprint density at radius 3 is 2.48 bits per heavy atom. The van der Waals surface area contributed by atoms with Gasteiger partial charge < -0.3 is 0 Å². The average molecular weight is 340 g/mol. The molecule has 0 aliphatic heterocycles. The molecule has 4 nitrogen and oxygen atoms in total. The summed E-state index contributed by atoms with van der Waals surface area (Å²) < 4.78 is 32.2. The van der Waals surface area contributed by atoms with Crippen molar-refractivity contribution in [3.05, 3.63) is 66.7 Å². The second-order valence-corrected chi connectivity index (χ2v) is 7.60. The van der Waals surface area contributed by atoms with Gasteiger partial charge in [0.25, 0.3) is 10.0 Å².